The molecular weight excluding hydrogens is 236 g/mol. The second-order valence-corrected chi connectivity index (χ2v) is 10.7. The summed E-state index contributed by atoms with van der Waals surface area (Å²) in [7, 11) is -1.25. The molecule has 0 spiro atoms. The lowest BCUT2D eigenvalue weighted by atomic mass is 10.0. The van der Waals surface area contributed by atoms with E-state index in [4.69, 9.17) is 11.5 Å². The van der Waals surface area contributed by atoms with Crippen molar-refractivity contribution < 1.29 is 0 Å². The smallest absolute Gasteiger partial charge is 0.0775 e. The topological polar surface area (TPSA) is 52.0 Å². The zero-order chi connectivity index (χ0) is 13.3. The summed E-state index contributed by atoms with van der Waals surface area (Å²) in [5, 5.41) is 1.44. The highest BCUT2D eigenvalue weighted by molar-refractivity contribution is 6.88. The summed E-state index contributed by atoms with van der Waals surface area (Å²) in [6.07, 6.45) is 0. The fourth-order valence-electron chi connectivity index (χ4n) is 2.06. The van der Waals surface area contributed by atoms with Gasteiger partial charge in [-0.3, -0.25) is 0 Å². The largest absolute Gasteiger partial charge is 0.398 e. The van der Waals surface area contributed by atoms with E-state index < -0.39 is 8.07 Å². The summed E-state index contributed by atoms with van der Waals surface area (Å²) in [4.78, 5) is 0. The molecule has 18 heavy (non-hydrogen) atoms. The number of benzene rings is 2. The van der Waals surface area contributed by atoms with Gasteiger partial charge in [0.1, 0.15) is 0 Å². The zero-order valence-corrected chi connectivity index (χ0v) is 12.2. The van der Waals surface area contributed by atoms with Gasteiger partial charge in [-0.15, -0.1) is 0 Å². The minimum absolute atomic E-state index is 0.732. The number of anilines is 2. The number of nitrogen functional groups attached to an aromatic ring is 2. The van der Waals surface area contributed by atoms with Crippen LogP contribution in [0.3, 0.4) is 0 Å². The molecule has 2 rings (SSSR count). The van der Waals surface area contributed by atoms with Gasteiger partial charge in [0.2, 0.25) is 0 Å². The molecule has 0 unspecified atom stereocenters. The van der Waals surface area contributed by atoms with Crippen LogP contribution in [0.25, 0.3) is 11.1 Å². The Morgan fingerprint density at radius 3 is 1.72 bits per heavy atom. The Kier molecular flexibility index (Phi) is 3.18. The Morgan fingerprint density at radius 1 is 0.778 bits per heavy atom. The SMILES string of the molecule is C[Si](C)(C)c1ccc(-c2c(N)cccc2N)cc1. The van der Waals surface area contributed by atoms with E-state index in [1.54, 1.807) is 0 Å². The highest BCUT2D eigenvalue weighted by atomic mass is 28.3. The molecule has 0 aliphatic carbocycles. The molecule has 4 N–H and O–H groups in total. The van der Waals surface area contributed by atoms with E-state index in [2.05, 4.69) is 43.9 Å². The van der Waals surface area contributed by atoms with E-state index in [1.165, 1.54) is 5.19 Å². The normalized spacial score (nSPS) is 11.5. The lowest BCUT2D eigenvalue weighted by Gasteiger charge is -2.17. The van der Waals surface area contributed by atoms with Gasteiger partial charge in [-0.25, -0.2) is 0 Å². The standard InChI is InChI=1S/C15H20N2Si/c1-18(2,3)12-9-7-11(8-10-12)15-13(16)5-4-6-14(15)17/h4-10H,16-17H2,1-3H3. The maximum Gasteiger partial charge on any atom is 0.0775 e. The van der Waals surface area contributed by atoms with E-state index in [0.717, 1.165) is 22.5 Å². The van der Waals surface area contributed by atoms with Crippen LogP contribution in [0.2, 0.25) is 19.6 Å². The first kappa shape index (κ1) is 12.7. The number of hydrogen-bond donors (Lipinski definition) is 2. The summed E-state index contributed by atoms with van der Waals surface area (Å²) in [6, 6.07) is 14.3. The number of nitrogens with two attached hydrogens (primary N) is 2. The first-order valence-electron chi connectivity index (χ1n) is 6.14. The lowest BCUT2D eigenvalue weighted by molar-refractivity contribution is 1.60. The Morgan fingerprint density at radius 2 is 1.28 bits per heavy atom. The van der Waals surface area contributed by atoms with Gasteiger partial charge < -0.3 is 11.5 Å². The van der Waals surface area contributed by atoms with Crippen molar-refractivity contribution in [3.05, 3.63) is 42.5 Å². The zero-order valence-electron chi connectivity index (χ0n) is 11.2. The van der Waals surface area contributed by atoms with Crippen molar-refractivity contribution in [2.24, 2.45) is 0 Å². The summed E-state index contributed by atoms with van der Waals surface area (Å²) >= 11 is 0. The second kappa shape index (κ2) is 4.50. The van der Waals surface area contributed by atoms with Crippen LogP contribution >= 0.6 is 0 Å². The summed E-state index contributed by atoms with van der Waals surface area (Å²) in [6.45, 7) is 7.02. The van der Waals surface area contributed by atoms with Gasteiger partial charge in [0, 0.05) is 16.9 Å². The molecule has 2 aromatic carbocycles. The van der Waals surface area contributed by atoms with E-state index in [9.17, 15) is 0 Å². The van der Waals surface area contributed by atoms with Crippen LogP contribution in [-0.4, -0.2) is 8.07 Å². The number of hydrogen-bond acceptors (Lipinski definition) is 2. The molecule has 0 fully saturated rings. The maximum absolute atomic E-state index is 6.01. The Bertz CT molecular complexity index is 533. The fraction of sp³-hybridized carbons (Fsp3) is 0.200. The average molecular weight is 256 g/mol. The fourth-order valence-corrected chi connectivity index (χ4v) is 3.23. The highest BCUT2D eigenvalue weighted by Crippen LogP contribution is 2.31. The monoisotopic (exact) mass is 256 g/mol. The van der Waals surface area contributed by atoms with Gasteiger partial charge in [-0.2, -0.15) is 0 Å². The predicted molar refractivity (Wildman–Crippen MR) is 83.7 cm³/mol. The first-order valence-corrected chi connectivity index (χ1v) is 9.64. The van der Waals surface area contributed by atoms with Gasteiger partial charge >= 0.3 is 0 Å². The summed E-state index contributed by atoms with van der Waals surface area (Å²) < 4.78 is 0. The van der Waals surface area contributed by atoms with Crippen LogP contribution in [0.5, 0.6) is 0 Å². The molecule has 0 amide bonds. The average Bonchev–Trinajstić information content (AvgIpc) is 2.28. The third-order valence-electron chi connectivity index (χ3n) is 3.17. The van der Waals surface area contributed by atoms with Gasteiger partial charge in [0.15, 0.2) is 0 Å². The molecule has 0 heterocycles. The molecule has 0 aliphatic heterocycles. The molecule has 2 nitrogen and oxygen atoms in total. The van der Waals surface area contributed by atoms with Gasteiger partial charge in [-0.05, 0) is 17.7 Å². The van der Waals surface area contributed by atoms with Gasteiger partial charge in [0.25, 0.3) is 0 Å². The van der Waals surface area contributed by atoms with Crippen LogP contribution in [0.4, 0.5) is 11.4 Å². The third kappa shape index (κ3) is 2.41. The Balaban J connectivity index is 2.47. The molecule has 0 saturated heterocycles. The highest BCUT2D eigenvalue weighted by Gasteiger charge is 2.16. The minimum atomic E-state index is -1.25. The maximum atomic E-state index is 6.01. The lowest BCUT2D eigenvalue weighted by Crippen LogP contribution is -2.37. The molecule has 0 aromatic heterocycles. The van der Waals surface area contributed by atoms with Gasteiger partial charge in [0.05, 0.1) is 8.07 Å². The van der Waals surface area contributed by atoms with Crippen molar-refractivity contribution in [1.29, 1.82) is 0 Å². The van der Waals surface area contributed by atoms with Crippen LogP contribution < -0.4 is 16.7 Å². The predicted octanol–water partition coefficient (Wildman–Crippen LogP) is 3.06. The Labute approximate surface area is 110 Å². The molecule has 2 aromatic rings. The molecule has 0 atom stereocenters. The van der Waals surface area contributed by atoms with Gasteiger partial charge in [-0.1, -0.05) is 55.2 Å². The third-order valence-corrected chi connectivity index (χ3v) is 5.23. The van der Waals surface area contributed by atoms with E-state index >= 15 is 0 Å². The Hall–Kier alpha value is -1.74. The second-order valence-electron chi connectivity index (χ2n) is 5.64. The number of rotatable bonds is 2. The molecular formula is C15H20N2Si. The first-order chi connectivity index (χ1) is 8.39. The molecule has 0 aliphatic rings. The van der Waals surface area contributed by atoms with Crippen molar-refractivity contribution in [2.45, 2.75) is 19.6 Å². The van der Waals surface area contributed by atoms with Crippen LogP contribution in [0.1, 0.15) is 0 Å². The van der Waals surface area contributed by atoms with Crippen molar-refractivity contribution in [1.82, 2.24) is 0 Å². The van der Waals surface area contributed by atoms with E-state index in [-0.39, 0.29) is 0 Å². The molecule has 0 radical (unpaired) electrons. The molecule has 0 saturated carbocycles. The van der Waals surface area contributed by atoms with Crippen molar-refractivity contribution >= 4 is 24.6 Å². The molecule has 0 bridgehead atoms. The van der Waals surface area contributed by atoms with E-state index in [0.29, 0.717) is 0 Å². The molecule has 94 valence electrons. The van der Waals surface area contributed by atoms with Crippen LogP contribution in [0, 0.1) is 0 Å². The minimum Gasteiger partial charge on any atom is -0.398 e. The van der Waals surface area contributed by atoms with E-state index in [1.807, 2.05) is 18.2 Å². The molecule has 3 heteroatoms. The van der Waals surface area contributed by atoms with Crippen LogP contribution in [0.15, 0.2) is 42.5 Å². The summed E-state index contributed by atoms with van der Waals surface area (Å²) in [5.41, 5.74) is 15.5. The van der Waals surface area contributed by atoms with Crippen molar-refractivity contribution in [3.63, 3.8) is 0 Å². The van der Waals surface area contributed by atoms with Crippen molar-refractivity contribution in [2.75, 3.05) is 11.5 Å². The quantitative estimate of drug-likeness (QED) is 0.641. The summed E-state index contributed by atoms with van der Waals surface area (Å²) in [5.74, 6) is 0. The van der Waals surface area contributed by atoms with Crippen LogP contribution in [-0.2, 0) is 0 Å². The van der Waals surface area contributed by atoms with Crippen molar-refractivity contribution in [3.8, 4) is 11.1 Å².